The molecule has 0 spiro atoms. The van der Waals surface area contributed by atoms with Crippen molar-refractivity contribution >= 4 is 23.1 Å². The smallest absolute Gasteiger partial charge is 0.342 e. The highest BCUT2D eigenvalue weighted by Gasteiger charge is 2.32. The molecular weight excluding hydrogens is 486 g/mol. The van der Waals surface area contributed by atoms with Crippen LogP contribution in [0.25, 0.3) is 0 Å². The molecule has 4 aromatic carbocycles. The number of anilines is 2. The second-order valence-corrected chi connectivity index (χ2v) is 9.12. The Morgan fingerprint density at radius 3 is 1.97 bits per heavy atom. The zero-order valence-corrected chi connectivity index (χ0v) is 20.9. The van der Waals surface area contributed by atoms with Gasteiger partial charge in [-0.25, -0.2) is 18.6 Å². The molecule has 0 aromatic heterocycles. The molecule has 5 rings (SSSR count). The van der Waals surface area contributed by atoms with Crippen LogP contribution in [0.1, 0.15) is 17.0 Å². The van der Waals surface area contributed by atoms with Crippen molar-refractivity contribution in [2.24, 2.45) is 5.10 Å². The predicted molar refractivity (Wildman–Crippen MR) is 145 cm³/mol. The number of urea groups is 1. The van der Waals surface area contributed by atoms with Crippen LogP contribution < -0.4 is 15.0 Å². The van der Waals surface area contributed by atoms with Gasteiger partial charge in [0.2, 0.25) is 0 Å². The lowest BCUT2D eigenvalue weighted by molar-refractivity contribution is 0.218. The summed E-state index contributed by atoms with van der Waals surface area (Å²) in [5.41, 5.74) is 3.76. The minimum atomic E-state index is -0.415. The Labute approximate surface area is 219 Å². The van der Waals surface area contributed by atoms with Crippen molar-refractivity contribution in [2.75, 3.05) is 30.9 Å². The standard InChI is InChI=1S/C30H26F2N4O2/c1-35(2)25-13-17-27(18-14-25)38-26-15-11-24(12-16-26)33-30(37)36-19-28(20-3-7-22(31)8-4-20)29(34-36)21-5-9-23(32)10-6-21/h3-18,28H,19H2,1-2H3,(H,33,37). The van der Waals surface area contributed by atoms with Crippen LogP contribution in [0, 0.1) is 11.6 Å². The van der Waals surface area contributed by atoms with Crippen LogP contribution in [0.5, 0.6) is 11.5 Å². The minimum Gasteiger partial charge on any atom is -0.457 e. The Morgan fingerprint density at radius 1 is 0.842 bits per heavy atom. The summed E-state index contributed by atoms with van der Waals surface area (Å²) in [6.07, 6.45) is 0. The van der Waals surface area contributed by atoms with Crippen molar-refractivity contribution < 1.29 is 18.3 Å². The van der Waals surface area contributed by atoms with Crippen molar-refractivity contribution in [3.8, 4) is 11.5 Å². The lowest BCUT2D eigenvalue weighted by Crippen LogP contribution is -2.30. The van der Waals surface area contributed by atoms with E-state index in [0.29, 0.717) is 28.5 Å². The zero-order chi connectivity index (χ0) is 26.6. The number of nitrogens with zero attached hydrogens (tertiary/aromatic N) is 3. The van der Waals surface area contributed by atoms with E-state index in [1.807, 2.05) is 43.3 Å². The summed E-state index contributed by atoms with van der Waals surface area (Å²) in [7, 11) is 3.95. The third kappa shape index (κ3) is 5.64. The maximum absolute atomic E-state index is 13.5. The van der Waals surface area contributed by atoms with Crippen molar-refractivity contribution in [1.29, 1.82) is 0 Å². The maximum Gasteiger partial charge on any atom is 0.342 e. The van der Waals surface area contributed by atoms with E-state index in [4.69, 9.17) is 4.74 Å². The molecule has 0 aliphatic carbocycles. The average molecular weight is 513 g/mol. The summed E-state index contributed by atoms with van der Waals surface area (Å²) in [4.78, 5) is 15.1. The molecular formula is C30H26F2N4O2. The molecule has 0 fully saturated rings. The zero-order valence-electron chi connectivity index (χ0n) is 20.9. The van der Waals surface area contributed by atoms with Gasteiger partial charge in [0.15, 0.2) is 0 Å². The fraction of sp³-hybridized carbons (Fsp3) is 0.133. The molecule has 1 aliphatic rings. The molecule has 1 N–H and O–H groups in total. The van der Waals surface area contributed by atoms with Gasteiger partial charge >= 0.3 is 6.03 Å². The Hall–Kier alpha value is -4.72. The monoisotopic (exact) mass is 512 g/mol. The Morgan fingerprint density at radius 2 is 1.39 bits per heavy atom. The first-order valence-corrected chi connectivity index (χ1v) is 12.1. The highest BCUT2D eigenvalue weighted by molar-refractivity contribution is 6.07. The third-order valence-electron chi connectivity index (χ3n) is 6.26. The molecule has 38 heavy (non-hydrogen) atoms. The molecule has 1 heterocycles. The topological polar surface area (TPSA) is 57.2 Å². The quantitative estimate of drug-likeness (QED) is 0.307. The Kier molecular flexibility index (Phi) is 7.04. The van der Waals surface area contributed by atoms with E-state index >= 15 is 0 Å². The van der Waals surface area contributed by atoms with Crippen LogP contribution in [-0.2, 0) is 0 Å². The van der Waals surface area contributed by atoms with Crippen LogP contribution in [0.15, 0.2) is 102 Å². The summed E-state index contributed by atoms with van der Waals surface area (Å²) in [6, 6.07) is 26.4. The van der Waals surface area contributed by atoms with Crippen LogP contribution >= 0.6 is 0 Å². The second-order valence-electron chi connectivity index (χ2n) is 9.12. The SMILES string of the molecule is CN(C)c1ccc(Oc2ccc(NC(=O)N3CC(c4ccc(F)cc4)C(c4ccc(F)cc4)=N3)cc2)cc1. The lowest BCUT2D eigenvalue weighted by Gasteiger charge is -2.16. The van der Waals surface area contributed by atoms with E-state index in [0.717, 1.165) is 11.3 Å². The number of hydrogen-bond donors (Lipinski definition) is 1. The van der Waals surface area contributed by atoms with E-state index < -0.39 is 6.03 Å². The molecule has 8 heteroatoms. The molecule has 1 aliphatic heterocycles. The number of halogens is 2. The number of hydrogen-bond acceptors (Lipinski definition) is 4. The Bertz CT molecular complexity index is 1440. The number of amides is 2. The summed E-state index contributed by atoms with van der Waals surface area (Å²) in [5.74, 6) is 0.341. The highest BCUT2D eigenvalue weighted by Crippen LogP contribution is 2.30. The number of carbonyl (C=O) groups is 1. The average Bonchev–Trinajstić information content (AvgIpc) is 3.37. The summed E-state index contributed by atoms with van der Waals surface area (Å²) >= 11 is 0. The van der Waals surface area contributed by atoms with Crippen molar-refractivity contribution in [1.82, 2.24) is 5.01 Å². The van der Waals surface area contributed by atoms with Crippen LogP contribution in [0.4, 0.5) is 25.0 Å². The predicted octanol–water partition coefficient (Wildman–Crippen LogP) is 6.86. The molecule has 0 bridgehead atoms. The molecule has 0 saturated carbocycles. The first kappa shape index (κ1) is 25.0. The second kappa shape index (κ2) is 10.7. The number of benzene rings is 4. The molecule has 0 radical (unpaired) electrons. The van der Waals surface area contributed by atoms with Gasteiger partial charge in [0.1, 0.15) is 23.1 Å². The lowest BCUT2D eigenvalue weighted by atomic mass is 9.90. The van der Waals surface area contributed by atoms with Gasteiger partial charge in [-0.3, -0.25) is 0 Å². The maximum atomic E-state index is 13.5. The van der Waals surface area contributed by atoms with E-state index in [9.17, 15) is 13.6 Å². The van der Waals surface area contributed by atoms with E-state index in [2.05, 4.69) is 10.4 Å². The van der Waals surface area contributed by atoms with Gasteiger partial charge in [0, 0.05) is 31.4 Å². The van der Waals surface area contributed by atoms with Gasteiger partial charge < -0.3 is 15.0 Å². The minimum absolute atomic E-state index is 0.258. The summed E-state index contributed by atoms with van der Waals surface area (Å²) in [6.45, 7) is 0.258. The number of ether oxygens (including phenoxy) is 1. The fourth-order valence-corrected chi connectivity index (χ4v) is 4.21. The highest BCUT2D eigenvalue weighted by atomic mass is 19.1. The molecule has 0 saturated heterocycles. The normalized spacial score (nSPS) is 14.7. The van der Waals surface area contributed by atoms with Gasteiger partial charge in [-0.2, -0.15) is 5.10 Å². The first-order valence-electron chi connectivity index (χ1n) is 12.1. The number of nitrogens with one attached hydrogen (secondary N) is 1. The molecule has 2 amide bonds. The first-order chi connectivity index (χ1) is 18.4. The van der Waals surface area contributed by atoms with Gasteiger partial charge in [-0.05, 0) is 83.9 Å². The van der Waals surface area contributed by atoms with Crippen LogP contribution in [-0.4, -0.2) is 37.4 Å². The van der Waals surface area contributed by atoms with Gasteiger partial charge in [0.05, 0.1) is 12.3 Å². The molecule has 192 valence electrons. The number of carbonyl (C=O) groups excluding carboxylic acids is 1. The van der Waals surface area contributed by atoms with E-state index in [-0.39, 0.29) is 24.1 Å². The van der Waals surface area contributed by atoms with Gasteiger partial charge in [0.25, 0.3) is 0 Å². The van der Waals surface area contributed by atoms with Crippen molar-refractivity contribution in [3.63, 3.8) is 0 Å². The number of rotatable bonds is 6. The van der Waals surface area contributed by atoms with Crippen LogP contribution in [0.2, 0.25) is 0 Å². The molecule has 4 aromatic rings. The summed E-state index contributed by atoms with van der Waals surface area (Å²) in [5, 5.41) is 8.74. The van der Waals surface area contributed by atoms with E-state index in [1.54, 1.807) is 48.5 Å². The fourth-order valence-electron chi connectivity index (χ4n) is 4.21. The largest absolute Gasteiger partial charge is 0.457 e. The van der Waals surface area contributed by atoms with Gasteiger partial charge in [-0.15, -0.1) is 0 Å². The molecule has 1 unspecified atom stereocenters. The van der Waals surface area contributed by atoms with Crippen molar-refractivity contribution in [2.45, 2.75) is 5.92 Å². The molecule has 1 atom stereocenters. The summed E-state index contributed by atoms with van der Waals surface area (Å²) < 4.78 is 32.9. The van der Waals surface area contributed by atoms with Gasteiger partial charge in [-0.1, -0.05) is 24.3 Å². The van der Waals surface area contributed by atoms with Crippen molar-refractivity contribution in [3.05, 3.63) is 120 Å². The van der Waals surface area contributed by atoms with E-state index in [1.165, 1.54) is 29.3 Å². The molecule has 6 nitrogen and oxygen atoms in total. The Balaban J connectivity index is 1.29. The third-order valence-corrected chi connectivity index (χ3v) is 6.26. The number of hydrazone groups is 1. The van der Waals surface area contributed by atoms with Crippen LogP contribution in [0.3, 0.4) is 0 Å².